The maximum Gasteiger partial charge on any atom is 0.243 e. The van der Waals surface area contributed by atoms with E-state index in [9.17, 15) is 19.2 Å². The molecule has 2 aromatic rings. The summed E-state index contributed by atoms with van der Waals surface area (Å²) in [5.74, 6) is -0.835. The number of amides is 3. The number of ketones is 1. The van der Waals surface area contributed by atoms with E-state index in [0.717, 1.165) is 30.4 Å². The quantitative estimate of drug-likeness (QED) is 0.283. The van der Waals surface area contributed by atoms with Crippen molar-refractivity contribution in [3.63, 3.8) is 0 Å². The van der Waals surface area contributed by atoms with Crippen molar-refractivity contribution in [3.8, 4) is 5.75 Å². The first kappa shape index (κ1) is 28.8. The number of ether oxygens (including phenoxy) is 1. The molecule has 0 radical (unpaired) electrons. The highest BCUT2D eigenvalue weighted by Crippen LogP contribution is 2.22. The Kier molecular flexibility index (Phi) is 10.4. The SMILES string of the molecule is COc1ccc(C[C@H](NC(=O)[C@H](C)NC(=O)Cc2cnc(N)s2)C(=O)N[C@@H](CC2=CCCC2)C(C)=O)cc1. The van der Waals surface area contributed by atoms with Crippen LogP contribution in [-0.4, -0.2) is 53.7 Å². The normalized spacial score (nSPS) is 15.1. The number of carbonyl (C=O) groups excluding carboxylic acids is 4. The lowest BCUT2D eigenvalue weighted by atomic mass is 10.0. The molecule has 0 unspecified atom stereocenters. The van der Waals surface area contributed by atoms with Gasteiger partial charge < -0.3 is 26.4 Å². The minimum Gasteiger partial charge on any atom is -0.497 e. The van der Waals surface area contributed by atoms with Crippen molar-refractivity contribution in [3.05, 3.63) is 52.6 Å². The number of Topliss-reactive ketones (excluding diaryl/α,β-unsaturated/α-hetero) is 1. The number of rotatable bonds is 13. The van der Waals surface area contributed by atoms with Crippen LogP contribution in [0.1, 0.15) is 50.0 Å². The Bertz CT molecular complexity index is 1180. The zero-order valence-corrected chi connectivity index (χ0v) is 22.7. The zero-order valence-electron chi connectivity index (χ0n) is 21.9. The molecule has 11 heteroatoms. The highest BCUT2D eigenvalue weighted by Gasteiger charge is 2.28. The average Bonchev–Trinajstić information content (AvgIpc) is 3.54. The Morgan fingerprint density at radius 3 is 2.34 bits per heavy atom. The monoisotopic (exact) mass is 541 g/mol. The molecule has 0 aliphatic heterocycles. The lowest BCUT2D eigenvalue weighted by molar-refractivity contribution is -0.132. The second kappa shape index (κ2) is 13.7. The van der Waals surface area contributed by atoms with Gasteiger partial charge in [-0.05, 0) is 57.2 Å². The van der Waals surface area contributed by atoms with E-state index in [1.807, 2.05) is 12.1 Å². The Labute approximate surface area is 226 Å². The van der Waals surface area contributed by atoms with Crippen LogP contribution in [0.5, 0.6) is 5.75 Å². The second-order valence-corrected chi connectivity index (χ2v) is 10.5. The van der Waals surface area contributed by atoms with Crippen LogP contribution in [0.2, 0.25) is 0 Å². The lowest BCUT2D eigenvalue weighted by Gasteiger charge is -2.24. The van der Waals surface area contributed by atoms with Crippen molar-refractivity contribution in [1.29, 1.82) is 0 Å². The fourth-order valence-electron chi connectivity index (χ4n) is 4.18. The van der Waals surface area contributed by atoms with Gasteiger partial charge in [0.05, 0.1) is 19.6 Å². The lowest BCUT2D eigenvalue weighted by Crippen LogP contribution is -2.55. The van der Waals surface area contributed by atoms with Crippen LogP contribution >= 0.6 is 11.3 Å². The Balaban J connectivity index is 1.68. The minimum absolute atomic E-state index is 0.0401. The molecule has 204 valence electrons. The van der Waals surface area contributed by atoms with E-state index >= 15 is 0 Å². The summed E-state index contributed by atoms with van der Waals surface area (Å²) in [7, 11) is 1.56. The van der Waals surface area contributed by atoms with Gasteiger partial charge in [0.25, 0.3) is 0 Å². The number of thiazole rings is 1. The number of hydrogen-bond acceptors (Lipinski definition) is 8. The van der Waals surface area contributed by atoms with Gasteiger partial charge in [0.15, 0.2) is 10.9 Å². The van der Waals surface area contributed by atoms with Gasteiger partial charge in [0, 0.05) is 17.5 Å². The molecule has 1 aliphatic carbocycles. The molecule has 1 aromatic carbocycles. The summed E-state index contributed by atoms with van der Waals surface area (Å²) >= 11 is 1.20. The molecule has 0 bridgehead atoms. The molecule has 5 N–H and O–H groups in total. The molecule has 1 heterocycles. The molecule has 1 aliphatic rings. The largest absolute Gasteiger partial charge is 0.497 e. The number of benzene rings is 1. The van der Waals surface area contributed by atoms with E-state index in [1.165, 1.54) is 24.5 Å². The highest BCUT2D eigenvalue weighted by atomic mass is 32.1. The van der Waals surface area contributed by atoms with Gasteiger partial charge in [-0.1, -0.05) is 23.8 Å². The van der Waals surface area contributed by atoms with Crippen LogP contribution < -0.4 is 26.4 Å². The number of anilines is 1. The third kappa shape index (κ3) is 8.69. The Morgan fingerprint density at radius 1 is 1.05 bits per heavy atom. The number of methoxy groups -OCH3 is 1. The molecular formula is C27H35N5O5S. The van der Waals surface area contributed by atoms with Crippen molar-refractivity contribution >= 4 is 40.0 Å². The van der Waals surface area contributed by atoms with Gasteiger partial charge in [0.2, 0.25) is 17.7 Å². The third-order valence-electron chi connectivity index (χ3n) is 6.32. The third-order valence-corrected chi connectivity index (χ3v) is 7.14. The first-order valence-electron chi connectivity index (χ1n) is 12.6. The van der Waals surface area contributed by atoms with Gasteiger partial charge in [-0.15, -0.1) is 11.3 Å². The fourth-order valence-corrected chi connectivity index (χ4v) is 4.86. The predicted molar refractivity (Wildman–Crippen MR) is 146 cm³/mol. The van der Waals surface area contributed by atoms with E-state index in [-0.39, 0.29) is 24.5 Å². The van der Waals surface area contributed by atoms with Crippen LogP contribution in [0.4, 0.5) is 5.13 Å². The van der Waals surface area contributed by atoms with Gasteiger partial charge in [-0.25, -0.2) is 4.98 Å². The molecule has 0 fully saturated rings. The summed E-state index contributed by atoms with van der Waals surface area (Å²) in [6.45, 7) is 2.99. The zero-order chi connectivity index (χ0) is 27.7. The number of nitrogens with two attached hydrogens (primary N) is 1. The van der Waals surface area contributed by atoms with Gasteiger partial charge in [-0.2, -0.15) is 0 Å². The van der Waals surface area contributed by atoms with Crippen LogP contribution in [0, 0.1) is 0 Å². The topological polar surface area (TPSA) is 153 Å². The number of allylic oxidation sites excluding steroid dienone is 1. The van der Waals surface area contributed by atoms with E-state index in [2.05, 4.69) is 27.0 Å². The predicted octanol–water partition coefficient (Wildman–Crippen LogP) is 2.08. The Morgan fingerprint density at radius 2 is 1.76 bits per heavy atom. The van der Waals surface area contributed by atoms with Crippen LogP contribution in [0.3, 0.4) is 0 Å². The number of nitrogens with zero attached hydrogens (tertiary/aromatic N) is 1. The van der Waals surface area contributed by atoms with E-state index in [4.69, 9.17) is 10.5 Å². The van der Waals surface area contributed by atoms with E-state index in [0.29, 0.717) is 22.2 Å². The van der Waals surface area contributed by atoms with Crippen LogP contribution in [-0.2, 0) is 32.0 Å². The minimum atomic E-state index is -0.962. The van der Waals surface area contributed by atoms with Gasteiger partial charge in [-0.3, -0.25) is 19.2 Å². The summed E-state index contributed by atoms with van der Waals surface area (Å²) in [5.41, 5.74) is 7.56. The molecule has 10 nitrogen and oxygen atoms in total. The van der Waals surface area contributed by atoms with Crippen LogP contribution in [0.15, 0.2) is 42.1 Å². The maximum atomic E-state index is 13.4. The van der Waals surface area contributed by atoms with Crippen molar-refractivity contribution < 1.29 is 23.9 Å². The molecule has 0 saturated carbocycles. The molecular weight excluding hydrogens is 506 g/mol. The smallest absolute Gasteiger partial charge is 0.243 e. The number of aromatic nitrogens is 1. The van der Waals surface area contributed by atoms with E-state index < -0.39 is 29.9 Å². The molecule has 3 rings (SSSR count). The van der Waals surface area contributed by atoms with Gasteiger partial charge in [0.1, 0.15) is 17.8 Å². The summed E-state index contributed by atoms with van der Waals surface area (Å²) in [5, 5.41) is 8.59. The number of nitrogen functional groups attached to an aromatic ring is 1. The second-order valence-electron chi connectivity index (χ2n) is 9.37. The van der Waals surface area contributed by atoms with Crippen molar-refractivity contribution in [1.82, 2.24) is 20.9 Å². The van der Waals surface area contributed by atoms with Crippen molar-refractivity contribution in [2.45, 2.75) is 70.5 Å². The summed E-state index contributed by atoms with van der Waals surface area (Å²) in [6.07, 6.45) is 7.26. The first-order valence-corrected chi connectivity index (χ1v) is 13.4. The molecule has 38 heavy (non-hydrogen) atoms. The molecule has 3 atom stereocenters. The van der Waals surface area contributed by atoms with E-state index in [1.54, 1.807) is 26.2 Å². The number of hydrogen-bond donors (Lipinski definition) is 4. The molecule has 1 aromatic heterocycles. The van der Waals surface area contributed by atoms with Crippen molar-refractivity contribution in [2.24, 2.45) is 0 Å². The fraction of sp³-hybridized carbons (Fsp3) is 0.444. The molecule has 0 spiro atoms. The summed E-state index contributed by atoms with van der Waals surface area (Å²) < 4.78 is 5.20. The molecule has 3 amide bonds. The highest BCUT2D eigenvalue weighted by molar-refractivity contribution is 7.15. The van der Waals surface area contributed by atoms with Gasteiger partial charge >= 0.3 is 0 Å². The Hall–Kier alpha value is -3.73. The standard InChI is InChI=1S/C27H35N5O5S/c1-16(30-24(34)14-21-15-29-27(28)38-21)25(35)32-23(13-19-8-10-20(37-3)11-9-19)26(36)31-22(17(2)33)12-18-6-4-5-7-18/h6,8-11,15-16,22-23H,4-5,7,12-14H2,1-3H3,(H2,28,29)(H,30,34)(H,31,36)(H,32,35)/t16-,22-,23-/m0/s1. The average molecular weight is 542 g/mol. The number of carbonyl (C=O) groups is 4. The number of nitrogens with one attached hydrogen (secondary N) is 3. The van der Waals surface area contributed by atoms with Crippen LogP contribution in [0.25, 0.3) is 0 Å². The molecule has 0 saturated heterocycles. The first-order chi connectivity index (χ1) is 18.1. The summed E-state index contributed by atoms with van der Waals surface area (Å²) in [6, 6.07) is 4.62. The maximum absolute atomic E-state index is 13.4. The van der Waals surface area contributed by atoms with Crippen molar-refractivity contribution in [2.75, 3.05) is 12.8 Å². The summed E-state index contributed by atoms with van der Waals surface area (Å²) in [4.78, 5) is 55.7.